The standard InChI is InChI=1S/C24H36N6O2S/c31-23(29-12-10-27(11-13-29)21-2-1-3-21)19-26-6-8-28(9-7-26)22-5-4-20(18-25-22)24(32)30-14-16-33-17-15-30/h4-5,18,21H,1-3,6-17,19H2. The lowest BCUT2D eigenvalue weighted by Gasteiger charge is -2.43. The van der Waals surface area contributed by atoms with Crippen molar-refractivity contribution in [3.8, 4) is 0 Å². The Morgan fingerprint density at radius 2 is 1.61 bits per heavy atom. The van der Waals surface area contributed by atoms with Gasteiger partial charge in [-0.2, -0.15) is 11.8 Å². The number of pyridine rings is 1. The molecule has 0 atom stereocenters. The van der Waals surface area contributed by atoms with Crippen LogP contribution >= 0.6 is 11.8 Å². The maximum absolute atomic E-state index is 12.8. The minimum atomic E-state index is 0.0891. The summed E-state index contributed by atoms with van der Waals surface area (Å²) in [6.07, 6.45) is 5.76. The molecule has 1 aromatic rings. The Morgan fingerprint density at radius 1 is 0.879 bits per heavy atom. The molecule has 0 spiro atoms. The molecular formula is C24H36N6O2S. The number of piperazine rings is 2. The average Bonchev–Trinajstić information content (AvgIpc) is 2.84. The summed E-state index contributed by atoms with van der Waals surface area (Å²) in [4.78, 5) is 41.1. The van der Waals surface area contributed by atoms with Gasteiger partial charge in [0.05, 0.1) is 12.1 Å². The van der Waals surface area contributed by atoms with Crippen LogP contribution in [0.1, 0.15) is 29.6 Å². The first-order valence-corrected chi connectivity index (χ1v) is 13.6. The zero-order valence-corrected chi connectivity index (χ0v) is 20.3. The third kappa shape index (κ3) is 5.46. The molecule has 4 heterocycles. The van der Waals surface area contributed by atoms with Gasteiger partial charge in [-0.25, -0.2) is 4.98 Å². The molecule has 33 heavy (non-hydrogen) atoms. The van der Waals surface area contributed by atoms with Crippen LogP contribution in [0.25, 0.3) is 0 Å². The second kappa shape index (κ2) is 10.6. The number of anilines is 1. The lowest BCUT2D eigenvalue weighted by atomic mass is 9.91. The van der Waals surface area contributed by atoms with Gasteiger partial charge in [-0.3, -0.25) is 19.4 Å². The van der Waals surface area contributed by atoms with E-state index in [0.29, 0.717) is 12.1 Å². The molecule has 3 saturated heterocycles. The molecule has 0 bridgehead atoms. The molecule has 180 valence electrons. The summed E-state index contributed by atoms with van der Waals surface area (Å²) in [5.41, 5.74) is 0.673. The molecule has 9 heteroatoms. The molecule has 0 radical (unpaired) electrons. The van der Waals surface area contributed by atoms with Crippen LogP contribution in [0.3, 0.4) is 0 Å². The van der Waals surface area contributed by atoms with Gasteiger partial charge in [0.1, 0.15) is 5.82 Å². The topological polar surface area (TPSA) is 63.2 Å². The Morgan fingerprint density at radius 3 is 2.21 bits per heavy atom. The van der Waals surface area contributed by atoms with Crippen molar-refractivity contribution in [2.75, 3.05) is 88.4 Å². The molecule has 1 aromatic heterocycles. The lowest BCUT2D eigenvalue weighted by molar-refractivity contribution is -0.134. The molecule has 8 nitrogen and oxygen atoms in total. The van der Waals surface area contributed by atoms with E-state index in [1.54, 1.807) is 6.20 Å². The molecule has 0 N–H and O–H groups in total. The van der Waals surface area contributed by atoms with Crippen molar-refractivity contribution in [3.63, 3.8) is 0 Å². The van der Waals surface area contributed by atoms with Gasteiger partial charge in [0.25, 0.3) is 5.91 Å². The largest absolute Gasteiger partial charge is 0.354 e. The van der Waals surface area contributed by atoms with Gasteiger partial charge in [-0.15, -0.1) is 0 Å². The summed E-state index contributed by atoms with van der Waals surface area (Å²) in [6, 6.07) is 4.65. The molecule has 0 unspecified atom stereocenters. The molecule has 3 aliphatic heterocycles. The van der Waals surface area contributed by atoms with Crippen LogP contribution in [0.5, 0.6) is 0 Å². The van der Waals surface area contributed by atoms with Crippen LogP contribution in [0, 0.1) is 0 Å². The summed E-state index contributed by atoms with van der Waals surface area (Å²) in [6.45, 7) is 9.41. The van der Waals surface area contributed by atoms with Crippen LogP contribution in [0.4, 0.5) is 5.82 Å². The van der Waals surface area contributed by atoms with Gasteiger partial charge < -0.3 is 14.7 Å². The quantitative estimate of drug-likeness (QED) is 0.636. The fourth-order valence-corrected chi connectivity index (χ4v) is 6.07. The Bertz CT molecular complexity index is 811. The minimum Gasteiger partial charge on any atom is -0.354 e. The fraction of sp³-hybridized carbons (Fsp3) is 0.708. The number of hydrogen-bond donors (Lipinski definition) is 0. The van der Waals surface area contributed by atoms with Crippen LogP contribution in [-0.2, 0) is 4.79 Å². The van der Waals surface area contributed by atoms with Gasteiger partial charge in [-0.1, -0.05) is 6.42 Å². The second-order valence-corrected chi connectivity index (χ2v) is 10.8. The number of aromatic nitrogens is 1. The van der Waals surface area contributed by atoms with E-state index in [-0.39, 0.29) is 11.8 Å². The zero-order valence-electron chi connectivity index (χ0n) is 19.5. The number of rotatable bonds is 5. The fourth-order valence-electron chi connectivity index (χ4n) is 5.16. The molecule has 2 amide bonds. The smallest absolute Gasteiger partial charge is 0.255 e. The highest BCUT2D eigenvalue weighted by molar-refractivity contribution is 7.99. The summed E-state index contributed by atoms with van der Waals surface area (Å²) in [7, 11) is 0. The van der Waals surface area contributed by atoms with Crippen LogP contribution < -0.4 is 4.90 Å². The lowest BCUT2D eigenvalue weighted by Crippen LogP contribution is -2.56. The predicted octanol–water partition coefficient (Wildman–Crippen LogP) is 1.09. The Balaban J connectivity index is 1.06. The molecule has 4 fully saturated rings. The maximum atomic E-state index is 12.8. The Kier molecular flexibility index (Phi) is 7.37. The van der Waals surface area contributed by atoms with Gasteiger partial charge in [0, 0.05) is 89.2 Å². The highest BCUT2D eigenvalue weighted by Gasteiger charge is 2.30. The van der Waals surface area contributed by atoms with Crippen LogP contribution in [-0.4, -0.2) is 126 Å². The van der Waals surface area contributed by atoms with E-state index in [1.165, 1.54) is 19.3 Å². The number of hydrogen-bond acceptors (Lipinski definition) is 7. The number of amides is 2. The molecule has 1 aliphatic carbocycles. The maximum Gasteiger partial charge on any atom is 0.255 e. The minimum absolute atomic E-state index is 0.0891. The number of thioether (sulfide) groups is 1. The summed E-state index contributed by atoms with van der Waals surface area (Å²) >= 11 is 1.90. The van der Waals surface area contributed by atoms with Gasteiger partial charge >= 0.3 is 0 Å². The third-order valence-corrected chi connectivity index (χ3v) is 8.55. The summed E-state index contributed by atoms with van der Waals surface area (Å²) in [5.74, 6) is 3.31. The first-order chi connectivity index (χ1) is 16.2. The normalized spacial score (nSPS) is 23.5. The van der Waals surface area contributed by atoms with Crippen molar-refractivity contribution >= 4 is 29.4 Å². The zero-order chi connectivity index (χ0) is 22.6. The van der Waals surface area contributed by atoms with Gasteiger partial charge in [-0.05, 0) is 25.0 Å². The predicted molar refractivity (Wildman–Crippen MR) is 132 cm³/mol. The Labute approximate surface area is 201 Å². The summed E-state index contributed by atoms with van der Waals surface area (Å²) in [5, 5.41) is 0. The molecule has 4 aliphatic rings. The van der Waals surface area contributed by atoms with Crippen molar-refractivity contribution in [2.24, 2.45) is 0 Å². The molecular weight excluding hydrogens is 436 g/mol. The van der Waals surface area contributed by atoms with E-state index in [1.807, 2.05) is 28.8 Å². The number of carbonyl (C=O) groups is 2. The highest BCUT2D eigenvalue weighted by Crippen LogP contribution is 2.25. The van der Waals surface area contributed by atoms with E-state index in [2.05, 4.69) is 24.6 Å². The number of nitrogens with zero attached hydrogens (tertiary/aromatic N) is 6. The van der Waals surface area contributed by atoms with Crippen molar-refractivity contribution < 1.29 is 9.59 Å². The van der Waals surface area contributed by atoms with Crippen molar-refractivity contribution in [3.05, 3.63) is 23.9 Å². The van der Waals surface area contributed by atoms with Crippen molar-refractivity contribution in [1.29, 1.82) is 0 Å². The van der Waals surface area contributed by atoms with E-state index in [9.17, 15) is 9.59 Å². The van der Waals surface area contributed by atoms with E-state index in [4.69, 9.17) is 0 Å². The highest BCUT2D eigenvalue weighted by atomic mass is 32.2. The SMILES string of the molecule is O=C(CN1CCN(c2ccc(C(=O)N3CCSCC3)cn2)CC1)N1CCN(C2CCC2)CC1. The van der Waals surface area contributed by atoms with E-state index in [0.717, 1.165) is 88.8 Å². The van der Waals surface area contributed by atoms with Crippen LogP contribution in [0.15, 0.2) is 18.3 Å². The van der Waals surface area contributed by atoms with E-state index < -0.39 is 0 Å². The van der Waals surface area contributed by atoms with Gasteiger partial charge in [0.15, 0.2) is 0 Å². The second-order valence-electron chi connectivity index (χ2n) is 9.57. The monoisotopic (exact) mass is 472 g/mol. The third-order valence-electron chi connectivity index (χ3n) is 7.61. The number of carbonyl (C=O) groups excluding carboxylic acids is 2. The van der Waals surface area contributed by atoms with Crippen molar-refractivity contribution in [2.45, 2.75) is 25.3 Å². The summed E-state index contributed by atoms with van der Waals surface area (Å²) < 4.78 is 0. The first kappa shape index (κ1) is 22.9. The van der Waals surface area contributed by atoms with E-state index >= 15 is 0 Å². The first-order valence-electron chi connectivity index (χ1n) is 12.5. The average molecular weight is 473 g/mol. The molecule has 0 aromatic carbocycles. The van der Waals surface area contributed by atoms with Gasteiger partial charge in [0.2, 0.25) is 5.91 Å². The Hall–Kier alpha value is -1.84. The molecule has 1 saturated carbocycles. The molecule has 5 rings (SSSR count). The van der Waals surface area contributed by atoms with Crippen LogP contribution in [0.2, 0.25) is 0 Å². The van der Waals surface area contributed by atoms with Crippen molar-refractivity contribution in [1.82, 2.24) is 24.6 Å².